The topological polar surface area (TPSA) is 142 Å². The smallest absolute Gasteiger partial charge is 0.328 e. The number of hydroxylamine groups is 2. The lowest BCUT2D eigenvalue weighted by molar-refractivity contribution is -0.169. The van der Waals surface area contributed by atoms with Gasteiger partial charge in [-0.25, -0.2) is 9.59 Å². The standard InChI is InChI=1S/C15H8N4O6/c16-5-8-6-18(15(24)17-12(8)21)7-11(20)25-19-13(22)9-3-1-2-4-10(9)14(19)23/h1-4,6H,7H2,(H,17,21,24). The van der Waals surface area contributed by atoms with E-state index < -0.39 is 35.6 Å². The molecule has 0 saturated carbocycles. The average Bonchev–Trinajstić information content (AvgIpc) is 2.83. The van der Waals surface area contributed by atoms with Crippen LogP contribution in [0, 0.1) is 11.3 Å². The molecule has 1 aliphatic heterocycles. The first-order valence-electron chi connectivity index (χ1n) is 6.85. The third-order valence-corrected chi connectivity index (χ3v) is 3.38. The number of amides is 2. The second-order valence-corrected chi connectivity index (χ2v) is 4.96. The van der Waals surface area contributed by atoms with Crippen molar-refractivity contribution in [2.45, 2.75) is 6.54 Å². The molecular formula is C15H8N4O6. The number of hydrogen-bond acceptors (Lipinski definition) is 7. The Hall–Kier alpha value is -4.00. The van der Waals surface area contributed by atoms with E-state index in [0.717, 1.165) is 10.8 Å². The van der Waals surface area contributed by atoms with Gasteiger partial charge >= 0.3 is 11.7 Å². The maximum absolute atomic E-state index is 12.1. The minimum Gasteiger partial charge on any atom is -0.328 e. The fourth-order valence-electron chi connectivity index (χ4n) is 2.23. The van der Waals surface area contributed by atoms with Gasteiger partial charge in [-0.2, -0.15) is 5.26 Å². The zero-order valence-electron chi connectivity index (χ0n) is 12.4. The van der Waals surface area contributed by atoms with Gasteiger partial charge in [0.25, 0.3) is 17.4 Å². The molecule has 10 heteroatoms. The van der Waals surface area contributed by atoms with Crippen LogP contribution in [0.15, 0.2) is 40.1 Å². The van der Waals surface area contributed by atoms with Crippen LogP contribution in [0.25, 0.3) is 0 Å². The quantitative estimate of drug-likeness (QED) is 0.718. The highest BCUT2D eigenvalue weighted by molar-refractivity contribution is 6.20. The number of nitrogens with one attached hydrogen (secondary N) is 1. The van der Waals surface area contributed by atoms with Gasteiger partial charge in [0.15, 0.2) is 0 Å². The fraction of sp³-hybridized carbons (Fsp3) is 0.0667. The molecule has 0 aliphatic carbocycles. The van der Waals surface area contributed by atoms with Crippen molar-refractivity contribution in [3.63, 3.8) is 0 Å². The number of fused-ring (bicyclic) bond motifs is 1. The number of imide groups is 1. The molecule has 0 atom stereocenters. The minimum atomic E-state index is -1.10. The lowest BCUT2D eigenvalue weighted by Crippen LogP contribution is -2.37. The van der Waals surface area contributed by atoms with E-state index in [4.69, 9.17) is 10.1 Å². The number of aromatic amines is 1. The van der Waals surface area contributed by atoms with Gasteiger partial charge in [0.05, 0.1) is 11.1 Å². The summed E-state index contributed by atoms with van der Waals surface area (Å²) in [4.78, 5) is 65.6. The SMILES string of the molecule is N#Cc1cn(CC(=O)ON2C(=O)c3ccccc3C2=O)c(=O)[nH]c1=O. The Balaban J connectivity index is 1.80. The molecule has 3 rings (SSSR count). The Bertz CT molecular complexity index is 1040. The summed E-state index contributed by atoms with van der Waals surface area (Å²) in [6.07, 6.45) is 0.880. The van der Waals surface area contributed by atoms with E-state index in [0.29, 0.717) is 5.06 Å². The van der Waals surface area contributed by atoms with E-state index in [1.165, 1.54) is 12.1 Å². The van der Waals surface area contributed by atoms with Gasteiger partial charge < -0.3 is 4.84 Å². The number of hydrogen-bond donors (Lipinski definition) is 1. The molecule has 2 heterocycles. The van der Waals surface area contributed by atoms with Gasteiger partial charge in [0, 0.05) is 6.20 Å². The summed E-state index contributed by atoms with van der Waals surface area (Å²) < 4.78 is 0.723. The maximum atomic E-state index is 12.1. The van der Waals surface area contributed by atoms with Crippen molar-refractivity contribution < 1.29 is 19.2 Å². The van der Waals surface area contributed by atoms with Crippen LogP contribution in [0.4, 0.5) is 0 Å². The Morgan fingerprint density at radius 1 is 1.12 bits per heavy atom. The van der Waals surface area contributed by atoms with Crippen LogP contribution in [-0.4, -0.2) is 32.4 Å². The molecule has 0 bridgehead atoms. The Kier molecular flexibility index (Phi) is 3.74. The first kappa shape index (κ1) is 15.9. The van der Waals surface area contributed by atoms with Crippen molar-refractivity contribution in [1.29, 1.82) is 5.26 Å². The predicted octanol–water partition coefficient (Wildman–Crippen LogP) is -0.837. The summed E-state index contributed by atoms with van der Waals surface area (Å²) in [6, 6.07) is 7.49. The number of H-pyrrole nitrogens is 1. The van der Waals surface area contributed by atoms with E-state index in [9.17, 15) is 24.0 Å². The lowest BCUT2D eigenvalue weighted by atomic mass is 10.1. The van der Waals surface area contributed by atoms with Gasteiger partial charge in [-0.15, -0.1) is 0 Å². The zero-order chi connectivity index (χ0) is 18.1. The van der Waals surface area contributed by atoms with Crippen molar-refractivity contribution in [2.75, 3.05) is 0 Å². The third kappa shape index (κ3) is 2.70. The molecule has 1 N–H and O–H groups in total. The fourth-order valence-corrected chi connectivity index (χ4v) is 2.23. The Labute approximate surface area is 138 Å². The van der Waals surface area contributed by atoms with Crippen molar-refractivity contribution >= 4 is 17.8 Å². The van der Waals surface area contributed by atoms with E-state index in [1.54, 1.807) is 18.2 Å². The molecule has 0 unspecified atom stereocenters. The molecule has 0 saturated heterocycles. The molecule has 25 heavy (non-hydrogen) atoms. The Morgan fingerprint density at radius 3 is 2.28 bits per heavy atom. The Morgan fingerprint density at radius 2 is 1.72 bits per heavy atom. The molecule has 1 aromatic heterocycles. The van der Waals surface area contributed by atoms with Crippen LogP contribution in [0.5, 0.6) is 0 Å². The average molecular weight is 340 g/mol. The largest absolute Gasteiger partial charge is 0.352 e. The summed E-state index contributed by atoms with van der Waals surface area (Å²) in [5.74, 6) is -2.71. The van der Waals surface area contributed by atoms with E-state index >= 15 is 0 Å². The maximum Gasteiger partial charge on any atom is 0.352 e. The lowest BCUT2D eigenvalue weighted by Gasteiger charge is -2.13. The van der Waals surface area contributed by atoms with Crippen LogP contribution < -0.4 is 11.2 Å². The van der Waals surface area contributed by atoms with E-state index in [2.05, 4.69) is 0 Å². The highest BCUT2D eigenvalue weighted by atomic mass is 16.7. The molecule has 0 spiro atoms. The van der Waals surface area contributed by atoms with Gasteiger partial charge in [0.1, 0.15) is 18.2 Å². The molecule has 1 aromatic carbocycles. The molecular weight excluding hydrogens is 332 g/mol. The predicted molar refractivity (Wildman–Crippen MR) is 79.1 cm³/mol. The van der Waals surface area contributed by atoms with Crippen LogP contribution >= 0.6 is 0 Å². The zero-order valence-corrected chi connectivity index (χ0v) is 12.4. The van der Waals surface area contributed by atoms with Gasteiger partial charge in [-0.3, -0.25) is 23.9 Å². The number of carbonyl (C=O) groups excluding carboxylic acids is 3. The van der Waals surface area contributed by atoms with E-state index in [1.807, 2.05) is 4.98 Å². The van der Waals surface area contributed by atoms with Crippen LogP contribution in [0.3, 0.4) is 0 Å². The van der Waals surface area contributed by atoms with Gasteiger partial charge in [0.2, 0.25) is 0 Å². The summed E-state index contributed by atoms with van der Waals surface area (Å²) in [7, 11) is 0. The second-order valence-electron chi connectivity index (χ2n) is 4.96. The first-order chi connectivity index (χ1) is 11.9. The van der Waals surface area contributed by atoms with Crippen molar-refractivity contribution in [3.8, 4) is 6.07 Å². The summed E-state index contributed by atoms with van der Waals surface area (Å²) in [5.41, 5.74) is -2.03. The molecule has 2 aromatic rings. The third-order valence-electron chi connectivity index (χ3n) is 3.38. The number of carbonyl (C=O) groups is 3. The molecule has 124 valence electrons. The molecule has 10 nitrogen and oxygen atoms in total. The van der Waals surface area contributed by atoms with Crippen molar-refractivity contribution in [1.82, 2.24) is 14.6 Å². The highest BCUT2D eigenvalue weighted by Gasteiger charge is 2.38. The number of aromatic nitrogens is 2. The molecule has 0 fully saturated rings. The molecule has 2 amide bonds. The second kappa shape index (κ2) is 5.89. The number of nitrogens with zero attached hydrogens (tertiary/aromatic N) is 3. The van der Waals surface area contributed by atoms with Gasteiger partial charge in [-0.1, -0.05) is 17.2 Å². The number of benzene rings is 1. The first-order valence-corrected chi connectivity index (χ1v) is 6.85. The summed E-state index contributed by atoms with van der Waals surface area (Å²) in [5, 5.41) is 9.07. The van der Waals surface area contributed by atoms with Crippen molar-refractivity contribution in [3.05, 3.63) is 68.0 Å². The minimum absolute atomic E-state index is 0.0910. The van der Waals surface area contributed by atoms with Crippen LogP contribution in [-0.2, 0) is 16.2 Å². The molecule has 0 radical (unpaired) electrons. The van der Waals surface area contributed by atoms with E-state index in [-0.39, 0.29) is 16.7 Å². The molecule has 1 aliphatic rings. The number of nitriles is 1. The monoisotopic (exact) mass is 340 g/mol. The van der Waals surface area contributed by atoms with Crippen LogP contribution in [0.2, 0.25) is 0 Å². The van der Waals surface area contributed by atoms with Gasteiger partial charge in [-0.05, 0) is 12.1 Å². The normalized spacial score (nSPS) is 12.7. The summed E-state index contributed by atoms with van der Waals surface area (Å²) >= 11 is 0. The van der Waals surface area contributed by atoms with Crippen molar-refractivity contribution in [2.24, 2.45) is 0 Å². The summed E-state index contributed by atoms with van der Waals surface area (Å²) in [6.45, 7) is -0.711. The van der Waals surface area contributed by atoms with Crippen LogP contribution in [0.1, 0.15) is 26.3 Å². The highest BCUT2D eigenvalue weighted by Crippen LogP contribution is 2.22. The number of rotatable bonds is 3.